The van der Waals surface area contributed by atoms with Crippen LogP contribution < -0.4 is 4.98 Å². The van der Waals surface area contributed by atoms with Gasteiger partial charge in [0.2, 0.25) is 0 Å². The fourth-order valence-corrected chi connectivity index (χ4v) is 3.30. The van der Waals surface area contributed by atoms with E-state index in [1.54, 1.807) is 24.8 Å². The van der Waals surface area contributed by atoms with Crippen LogP contribution in [0.4, 0.5) is 0 Å². The van der Waals surface area contributed by atoms with Crippen LogP contribution in [0.2, 0.25) is 0 Å². The fraction of sp³-hybridized carbons (Fsp3) is 0. The van der Waals surface area contributed by atoms with Gasteiger partial charge in [0.1, 0.15) is 0 Å². The molecule has 0 saturated heterocycles. The van der Waals surface area contributed by atoms with Gasteiger partial charge in [-0.2, -0.15) is 0 Å². The molecule has 3 aromatic carbocycles. The summed E-state index contributed by atoms with van der Waals surface area (Å²) in [4.78, 5) is 21.6. The number of imidazole rings is 1. The Kier molecular flexibility index (Phi) is 6.75. The predicted molar refractivity (Wildman–Crippen MR) is 122 cm³/mol. The van der Waals surface area contributed by atoms with Crippen molar-refractivity contribution in [2.45, 2.75) is 0 Å². The number of rotatable bonds is 2. The summed E-state index contributed by atoms with van der Waals surface area (Å²) in [5, 5.41) is 2.28. The standard InChI is InChI=1S/C15H9N4.C11H8N.Ir/c1-2-4-11-10(3-1)5-6-12-14(11)19-15(18-12)13-9-16-7-8-17-13;1-2-6-10(7-3-1)11-8-4-5-9-12-11;/h1-9H;1-6,8-9H;/q2*-1;. The van der Waals surface area contributed by atoms with Gasteiger partial charge in [0, 0.05) is 38.7 Å². The Morgan fingerprint density at radius 3 is 2.34 bits per heavy atom. The van der Waals surface area contributed by atoms with Gasteiger partial charge in [0.05, 0.1) is 11.9 Å². The third kappa shape index (κ3) is 4.62. The third-order valence-electron chi connectivity index (χ3n) is 4.77. The molecule has 3 heterocycles. The van der Waals surface area contributed by atoms with Crippen LogP contribution in [0.15, 0.2) is 104 Å². The number of aromatic nitrogens is 5. The largest absolute Gasteiger partial charge is 0.434 e. The Balaban J connectivity index is 0.000000164. The molecule has 0 fully saturated rings. The number of hydrogen-bond acceptors (Lipinski definition) is 4. The summed E-state index contributed by atoms with van der Waals surface area (Å²) in [6.07, 6.45) is 6.75. The molecular weight excluding hydrogens is 575 g/mol. The maximum atomic E-state index is 4.60. The molecule has 6 rings (SSSR count). The second-order valence-corrected chi connectivity index (χ2v) is 6.78. The van der Waals surface area contributed by atoms with Crippen LogP contribution in [-0.2, 0) is 20.1 Å². The van der Waals surface area contributed by atoms with Gasteiger partial charge in [-0.3, -0.25) is 9.97 Å². The van der Waals surface area contributed by atoms with Crippen molar-refractivity contribution in [1.29, 1.82) is 0 Å². The molecule has 0 aliphatic carbocycles. The van der Waals surface area contributed by atoms with Crippen LogP contribution in [0.1, 0.15) is 0 Å². The molecule has 6 heteroatoms. The van der Waals surface area contributed by atoms with E-state index >= 15 is 0 Å². The second-order valence-electron chi connectivity index (χ2n) is 6.78. The molecule has 0 unspecified atom stereocenters. The van der Waals surface area contributed by atoms with E-state index in [2.05, 4.69) is 49.2 Å². The fourth-order valence-electron chi connectivity index (χ4n) is 3.30. The number of hydrogen-bond donors (Lipinski definition) is 0. The van der Waals surface area contributed by atoms with Crippen molar-refractivity contribution < 1.29 is 20.1 Å². The Morgan fingerprint density at radius 1 is 0.719 bits per heavy atom. The van der Waals surface area contributed by atoms with Crippen LogP contribution in [0.3, 0.4) is 0 Å². The van der Waals surface area contributed by atoms with Gasteiger partial charge in [0.15, 0.2) is 0 Å². The van der Waals surface area contributed by atoms with Crippen molar-refractivity contribution in [2.24, 2.45) is 0 Å². The van der Waals surface area contributed by atoms with E-state index in [9.17, 15) is 0 Å². The van der Waals surface area contributed by atoms with E-state index < -0.39 is 0 Å². The average molecular weight is 592 g/mol. The molecule has 157 valence electrons. The number of fused-ring (bicyclic) bond motifs is 3. The smallest absolute Gasteiger partial charge is 0.0803 e. The van der Waals surface area contributed by atoms with Gasteiger partial charge in [-0.15, -0.1) is 35.9 Å². The number of nitrogens with zero attached hydrogens (tertiary/aromatic N) is 5. The Labute approximate surface area is 199 Å². The first-order valence-corrected chi connectivity index (χ1v) is 9.85. The zero-order chi connectivity index (χ0) is 20.9. The molecule has 6 aromatic rings. The van der Waals surface area contributed by atoms with Crippen LogP contribution in [0.5, 0.6) is 0 Å². The van der Waals surface area contributed by atoms with Gasteiger partial charge < -0.3 is 15.0 Å². The zero-order valence-corrected chi connectivity index (χ0v) is 19.3. The molecule has 3 aromatic heterocycles. The van der Waals surface area contributed by atoms with Crippen molar-refractivity contribution in [3.63, 3.8) is 0 Å². The zero-order valence-electron chi connectivity index (χ0n) is 16.9. The van der Waals surface area contributed by atoms with E-state index in [0.29, 0.717) is 11.5 Å². The summed E-state index contributed by atoms with van der Waals surface area (Å²) in [5.41, 5.74) is 4.51. The van der Waals surface area contributed by atoms with Gasteiger partial charge in [0.25, 0.3) is 0 Å². The van der Waals surface area contributed by atoms with Crippen molar-refractivity contribution >= 4 is 21.8 Å². The molecule has 0 aliphatic rings. The molecule has 32 heavy (non-hydrogen) atoms. The maximum absolute atomic E-state index is 4.60. The molecule has 0 amide bonds. The molecule has 1 radical (unpaired) electrons. The normalized spacial score (nSPS) is 10.2. The number of benzene rings is 3. The minimum Gasteiger partial charge on any atom is -0.434 e. The van der Waals surface area contributed by atoms with Crippen LogP contribution in [-0.4, -0.2) is 19.9 Å². The first kappa shape index (κ1) is 21.5. The maximum Gasteiger partial charge on any atom is 0.0803 e. The Morgan fingerprint density at radius 2 is 1.56 bits per heavy atom. The Hall–Kier alpha value is -3.73. The predicted octanol–water partition coefficient (Wildman–Crippen LogP) is 5.35. The molecule has 0 saturated carbocycles. The van der Waals surface area contributed by atoms with Gasteiger partial charge in [-0.05, 0) is 39.4 Å². The minimum absolute atomic E-state index is 0. The first-order chi connectivity index (χ1) is 15.4. The van der Waals surface area contributed by atoms with Crippen molar-refractivity contribution in [3.05, 3.63) is 110 Å². The van der Waals surface area contributed by atoms with Crippen LogP contribution >= 0.6 is 0 Å². The summed E-state index contributed by atoms with van der Waals surface area (Å²) in [5.74, 6) is 0.624. The van der Waals surface area contributed by atoms with Gasteiger partial charge in [-0.25, -0.2) is 0 Å². The number of pyridine rings is 1. The van der Waals surface area contributed by atoms with Crippen molar-refractivity contribution in [3.8, 4) is 22.8 Å². The molecule has 0 bridgehead atoms. The van der Waals surface area contributed by atoms with Crippen molar-refractivity contribution in [1.82, 2.24) is 24.9 Å². The Bertz CT molecular complexity index is 1380. The summed E-state index contributed by atoms with van der Waals surface area (Å²) in [7, 11) is 0. The minimum atomic E-state index is 0. The summed E-state index contributed by atoms with van der Waals surface area (Å²) in [6, 6.07) is 29.0. The molecule has 0 atom stereocenters. The molecule has 5 nitrogen and oxygen atoms in total. The van der Waals surface area contributed by atoms with Crippen LogP contribution in [0, 0.1) is 6.07 Å². The quantitative estimate of drug-likeness (QED) is 0.254. The van der Waals surface area contributed by atoms with E-state index in [1.165, 1.54) is 5.39 Å². The van der Waals surface area contributed by atoms with E-state index in [4.69, 9.17) is 0 Å². The average Bonchev–Trinajstić information content (AvgIpc) is 3.31. The summed E-state index contributed by atoms with van der Waals surface area (Å²) < 4.78 is 0. The van der Waals surface area contributed by atoms with Gasteiger partial charge in [-0.1, -0.05) is 48.5 Å². The molecule has 0 spiro atoms. The van der Waals surface area contributed by atoms with E-state index in [0.717, 1.165) is 27.7 Å². The molecular formula is C26H17IrN5-2. The van der Waals surface area contributed by atoms with Crippen molar-refractivity contribution in [2.75, 3.05) is 0 Å². The SMILES string of the molecule is [Ir].[c-]1ccccc1-c1ccccn1.c1ccc2c(c1)ccc1[n-]c(-c3cnccn3)nc12. The second kappa shape index (κ2) is 10.1. The van der Waals surface area contributed by atoms with Gasteiger partial charge >= 0.3 is 0 Å². The first-order valence-electron chi connectivity index (χ1n) is 9.85. The summed E-state index contributed by atoms with van der Waals surface area (Å²) in [6.45, 7) is 0. The molecule has 0 N–H and O–H groups in total. The summed E-state index contributed by atoms with van der Waals surface area (Å²) >= 11 is 0. The van der Waals surface area contributed by atoms with Crippen LogP contribution in [0.25, 0.3) is 44.6 Å². The van der Waals surface area contributed by atoms with E-state index in [1.807, 2.05) is 60.7 Å². The van der Waals surface area contributed by atoms with E-state index in [-0.39, 0.29) is 20.1 Å². The monoisotopic (exact) mass is 592 g/mol. The molecule has 0 aliphatic heterocycles. The third-order valence-corrected chi connectivity index (χ3v) is 4.77. The topological polar surface area (TPSA) is 65.7 Å².